The Labute approximate surface area is 88.7 Å². The van der Waals surface area contributed by atoms with Crippen LogP contribution in [-0.2, 0) is 7.05 Å². The highest BCUT2D eigenvalue weighted by molar-refractivity contribution is 5.84. The van der Waals surface area contributed by atoms with Gasteiger partial charge in [0.05, 0.1) is 10.9 Å². The van der Waals surface area contributed by atoms with Crippen molar-refractivity contribution >= 4 is 10.9 Å². The average Bonchev–Trinajstić information content (AvgIpc) is 2.40. The van der Waals surface area contributed by atoms with Crippen molar-refractivity contribution in [2.45, 2.75) is 26.7 Å². The van der Waals surface area contributed by atoms with E-state index >= 15 is 0 Å². The van der Waals surface area contributed by atoms with Gasteiger partial charge in [-0.05, 0) is 24.5 Å². The van der Waals surface area contributed by atoms with Crippen LogP contribution >= 0.6 is 0 Å². The summed E-state index contributed by atoms with van der Waals surface area (Å²) in [7, 11) is 2.02. The minimum atomic E-state index is 0.00694. The van der Waals surface area contributed by atoms with E-state index in [0.29, 0.717) is 5.92 Å². The summed E-state index contributed by atoms with van der Waals surface area (Å²) in [5.41, 5.74) is 3.36. The van der Waals surface area contributed by atoms with Crippen molar-refractivity contribution in [3.05, 3.63) is 33.9 Å². The van der Waals surface area contributed by atoms with Crippen molar-refractivity contribution < 1.29 is 0 Å². The topological polar surface area (TPSA) is 37.8 Å². The van der Waals surface area contributed by atoms with Crippen LogP contribution in [-0.4, -0.2) is 9.55 Å². The third-order valence-corrected chi connectivity index (χ3v) is 2.97. The standard InChI is InChI=1S/C12H16N2O/c1-7(2)11-8(3)10-9(14(11)4)5-6-13-12(10)15/h5-7H,1-4H3,(H,13,15). The molecule has 0 saturated carbocycles. The number of nitrogens with one attached hydrogen (secondary N) is 1. The molecule has 0 aliphatic rings. The normalized spacial score (nSPS) is 11.5. The van der Waals surface area contributed by atoms with Gasteiger partial charge in [-0.3, -0.25) is 4.79 Å². The molecule has 3 nitrogen and oxygen atoms in total. The Morgan fingerprint density at radius 2 is 2.07 bits per heavy atom. The first-order chi connectivity index (χ1) is 7.04. The molecule has 0 radical (unpaired) electrons. The van der Waals surface area contributed by atoms with E-state index in [4.69, 9.17) is 0 Å². The molecule has 0 fully saturated rings. The molecule has 2 heterocycles. The molecule has 0 saturated heterocycles. The van der Waals surface area contributed by atoms with E-state index in [2.05, 4.69) is 23.4 Å². The molecular weight excluding hydrogens is 188 g/mol. The minimum Gasteiger partial charge on any atom is -0.347 e. The molecule has 3 heteroatoms. The van der Waals surface area contributed by atoms with Crippen LogP contribution in [0.1, 0.15) is 31.0 Å². The number of nitrogens with zero attached hydrogens (tertiary/aromatic N) is 1. The number of fused-ring (bicyclic) bond motifs is 1. The fourth-order valence-electron chi connectivity index (χ4n) is 2.44. The van der Waals surface area contributed by atoms with Gasteiger partial charge in [0, 0.05) is 18.9 Å². The second-order valence-electron chi connectivity index (χ2n) is 4.29. The monoisotopic (exact) mass is 204 g/mol. The van der Waals surface area contributed by atoms with Crippen LogP contribution in [0.25, 0.3) is 10.9 Å². The summed E-state index contributed by atoms with van der Waals surface area (Å²) in [6.07, 6.45) is 1.70. The summed E-state index contributed by atoms with van der Waals surface area (Å²) in [5, 5.41) is 0.823. The molecule has 0 aliphatic carbocycles. The Morgan fingerprint density at radius 3 is 2.60 bits per heavy atom. The van der Waals surface area contributed by atoms with Crippen molar-refractivity contribution in [1.82, 2.24) is 9.55 Å². The lowest BCUT2D eigenvalue weighted by Gasteiger charge is -2.08. The van der Waals surface area contributed by atoms with Crippen molar-refractivity contribution in [3.8, 4) is 0 Å². The van der Waals surface area contributed by atoms with Crippen LogP contribution in [0.4, 0.5) is 0 Å². The maximum absolute atomic E-state index is 11.7. The van der Waals surface area contributed by atoms with Crippen molar-refractivity contribution in [2.24, 2.45) is 7.05 Å². The second kappa shape index (κ2) is 3.26. The number of aromatic nitrogens is 2. The molecule has 0 unspecified atom stereocenters. The SMILES string of the molecule is Cc1c(C(C)C)n(C)c2cc[nH]c(=O)c12. The van der Waals surface area contributed by atoms with Gasteiger partial charge in [0.25, 0.3) is 5.56 Å². The highest BCUT2D eigenvalue weighted by Crippen LogP contribution is 2.26. The number of H-pyrrole nitrogens is 1. The van der Waals surface area contributed by atoms with Crippen LogP contribution in [0.3, 0.4) is 0 Å². The van der Waals surface area contributed by atoms with Crippen LogP contribution in [0.5, 0.6) is 0 Å². The zero-order chi connectivity index (χ0) is 11.2. The van der Waals surface area contributed by atoms with Crippen LogP contribution in [0.15, 0.2) is 17.1 Å². The summed E-state index contributed by atoms with van der Waals surface area (Å²) in [4.78, 5) is 14.4. The van der Waals surface area contributed by atoms with E-state index in [1.165, 1.54) is 5.69 Å². The molecule has 0 atom stereocenters. The van der Waals surface area contributed by atoms with Gasteiger partial charge in [-0.2, -0.15) is 0 Å². The quantitative estimate of drug-likeness (QED) is 0.760. The molecule has 0 amide bonds. The maximum atomic E-state index is 11.7. The van der Waals surface area contributed by atoms with Crippen molar-refractivity contribution in [1.29, 1.82) is 0 Å². The van der Waals surface area contributed by atoms with Gasteiger partial charge in [-0.15, -0.1) is 0 Å². The molecule has 0 bridgehead atoms. The Morgan fingerprint density at radius 1 is 1.40 bits per heavy atom. The van der Waals surface area contributed by atoms with Crippen LogP contribution in [0, 0.1) is 6.92 Å². The number of hydrogen-bond acceptors (Lipinski definition) is 1. The van der Waals surface area contributed by atoms with Gasteiger partial charge in [0.15, 0.2) is 0 Å². The Bertz CT molecular complexity index is 561. The smallest absolute Gasteiger partial charge is 0.257 e. The highest BCUT2D eigenvalue weighted by Gasteiger charge is 2.15. The van der Waals surface area contributed by atoms with Gasteiger partial charge in [0.1, 0.15) is 0 Å². The predicted molar refractivity (Wildman–Crippen MR) is 62.4 cm³/mol. The lowest BCUT2D eigenvalue weighted by Crippen LogP contribution is -2.04. The Kier molecular flexibility index (Phi) is 2.18. The summed E-state index contributed by atoms with van der Waals surface area (Å²) >= 11 is 0. The van der Waals surface area contributed by atoms with E-state index in [9.17, 15) is 4.79 Å². The molecule has 2 rings (SSSR count). The van der Waals surface area contributed by atoms with Crippen LogP contribution < -0.4 is 5.56 Å². The predicted octanol–water partition coefficient (Wildman–Crippen LogP) is 2.30. The lowest BCUT2D eigenvalue weighted by atomic mass is 10.1. The molecule has 1 N–H and O–H groups in total. The molecule has 0 aliphatic heterocycles. The molecule has 15 heavy (non-hydrogen) atoms. The molecule has 2 aromatic rings. The maximum Gasteiger partial charge on any atom is 0.257 e. The van der Waals surface area contributed by atoms with Gasteiger partial charge in [-0.1, -0.05) is 13.8 Å². The number of hydrogen-bond donors (Lipinski definition) is 1. The van der Waals surface area contributed by atoms with E-state index in [1.807, 2.05) is 20.0 Å². The van der Waals surface area contributed by atoms with E-state index in [-0.39, 0.29) is 5.56 Å². The Balaban J connectivity index is 2.98. The van der Waals surface area contributed by atoms with Gasteiger partial charge >= 0.3 is 0 Å². The zero-order valence-electron chi connectivity index (χ0n) is 9.59. The number of aromatic amines is 1. The molecular formula is C12H16N2O. The van der Waals surface area contributed by atoms with E-state index in [0.717, 1.165) is 16.5 Å². The summed E-state index contributed by atoms with van der Waals surface area (Å²) in [6, 6.07) is 1.95. The number of rotatable bonds is 1. The third-order valence-electron chi connectivity index (χ3n) is 2.97. The van der Waals surface area contributed by atoms with Gasteiger partial charge in [-0.25, -0.2) is 0 Å². The molecule has 0 spiro atoms. The fourth-order valence-corrected chi connectivity index (χ4v) is 2.44. The number of pyridine rings is 1. The zero-order valence-corrected chi connectivity index (χ0v) is 9.59. The summed E-state index contributed by atoms with van der Waals surface area (Å²) in [6.45, 7) is 6.32. The van der Waals surface area contributed by atoms with Crippen molar-refractivity contribution in [2.75, 3.05) is 0 Å². The summed E-state index contributed by atoms with van der Waals surface area (Å²) < 4.78 is 2.12. The molecule has 80 valence electrons. The first kappa shape index (κ1) is 10.0. The summed E-state index contributed by atoms with van der Waals surface area (Å²) in [5.74, 6) is 0.432. The molecule has 0 aromatic carbocycles. The third kappa shape index (κ3) is 1.30. The minimum absolute atomic E-state index is 0.00694. The van der Waals surface area contributed by atoms with Gasteiger partial charge in [0.2, 0.25) is 0 Å². The lowest BCUT2D eigenvalue weighted by molar-refractivity contribution is 0.748. The fraction of sp³-hybridized carbons (Fsp3) is 0.417. The largest absolute Gasteiger partial charge is 0.347 e. The first-order valence-corrected chi connectivity index (χ1v) is 5.20. The first-order valence-electron chi connectivity index (χ1n) is 5.20. The highest BCUT2D eigenvalue weighted by atomic mass is 16.1. The van der Waals surface area contributed by atoms with E-state index < -0.39 is 0 Å². The van der Waals surface area contributed by atoms with Crippen molar-refractivity contribution in [3.63, 3.8) is 0 Å². The van der Waals surface area contributed by atoms with E-state index in [1.54, 1.807) is 6.20 Å². The average molecular weight is 204 g/mol. The molecule has 2 aromatic heterocycles. The van der Waals surface area contributed by atoms with Crippen LogP contribution in [0.2, 0.25) is 0 Å². The number of aryl methyl sites for hydroxylation is 2. The Hall–Kier alpha value is -1.51. The second-order valence-corrected chi connectivity index (χ2v) is 4.29. The van der Waals surface area contributed by atoms with Gasteiger partial charge < -0.3 is 9.55 Å².